The van der Waals surface area contributed by atoms with Gasteiger partial charge in [0.15, 0.2) is 5.78 Å². The molecule has 0 bridgehead atoms. The zero-order chi connectivity index (χ0) is 13.7. The van der Waals surface area contributed by atoms with Crippen molar-refractivity contribution < 1.29 is 9.53 Å². The lowest BCUT2D eigenvalue weighted by Crippen LogP contribution is -1.99. The molecule has 2 rings (SSSR count). The Hall–Kier alpha value is -2.13. The minimum Gasteiger partial charge on any atom is -0.489 e. The SMILES string of the molecule is CC(=O)c1cccc(OCc2ccc(CN)cc2)c1. The van der Waals surface area contributed by atoms with E-state index in [0.717, 1.165) is 11.1 Å². The molecule has 0 heterocycles. The summed E-state index contributed by atoms with van der Waals surface area (Å²) in [6.45, 7) is 2.57. The van der Waals surface area contributed by atoms with Gasteiger partial charge in [-0.15, -0.1) is 0 Å². The molecule has 0 aromatic heterocycles. The molecule has 0 atom stereocenters. The number of hydrogen-bond donors (Lipinski definition) is 1. The summed E-state index contributed by atoms with van der Waals surface area (Å²) in [5, 5.41) is 0. The summed E-state index contributed by atoms with van der Waals surface area (Å²) < 4.78 is 5.67. The van der Waals surface area contributed by atoms with Crippen LogP contribution in [0, 0.1) is 0 Å². The number of hydrogen-bond acceptors (Lipinski definition) is 3. The summed E-state index contributed by atoms with van der Waals surface area (Å²) >= 11 is 0. The first-order valence-corrected chi connectivity index (χ1v) is 6.21. The third kappa shape index (κ3) is 3.66. The van der Waals surface area contributed by atoms with Crippen LogP contribution in [0.25, 0.3) is 0 Å². The molecule has 0 fully saturated rings. The Morgan fingerprint density at radius 2 is 1.79 bits per heavy atom. The highest BCUT2D eigenvalue weighted by Gasteiger charge is 2.01. The molecule has 0 radical (unpaired) electrons. The van der Waals surface area contributed by atoms with E-state index < -0.39 is 0 Å². The first kappa shape index (κ1) is 13.3. The summed E-state index contributed by atoms with van der Waals surface area (Å²) in [5.74, 6) is 0.744. The molecule has 0 saturated heterocycles. The number of carbonyl (C=O) groups is 1. The molecule has 0 aliphatic carbocycles. The molecule has 98 valence electrons. The maximum absolute atomic E-state index is 11.3. The average Bonchev–Trinajstić information content (AvgIpc) is 2.46. The lowest BCUT2D eigenvalue weighted by molar-refractivity contribution is 0.101. The van der Waals surface area contributed by atoms with Crippen LogP contribution in [0.15, 0.2) is 48.5 Å². The van der Waals surface area contributed by atoms with E-state index in [0.29, 0.717) is 24.5 Å². The van der Waals surface area contributed by atoms with E-state index in [1.54, 1.807) is 19.1 Å². The number of Topliss-reactive ketones (excluding diaryl/α,β-unsaturated/α-hetero) is 1. The van der Waals surface area contributed by atoms with Crippen LogP contribution in [0.4, 0.5) is 0 Å². The van der Waals surface area contributed by atoms with E-state index >= 15 is 0 Å². The van der Waals surface area contributed by atoms with Crippen LogP contribution in [0.2, 0.25) is 0 Å². The zero-order valence-electron chi connectivity index (χ0n) is 10.9. The molecular formula is C16H17NO2. The Labute approximate surface area is 113 Å². The maximum atomic E-state index is 11.3. The second-order valence-electron chi connectivity index (χ2n) is 4.39. The van der Waals surface area contributed by atoms with E-state index in [4.69, 9.17) is 10.5 Å². The molecule has 0 saturated carbocycles. The number of carbonyl (C=O) groups excluding carboxylic acids is 1. The van der Waals surface area contributed by atoms with Crippen molar-refractivity contribution in [2.75, 3.05) is 0 Å². The first-order chi connectivity index (χ1) is 9.19. The molecule has 3 nitrogen and oxygen atoms in total. The summed E-state index contributed by atoms with van der Waals surface area (Å²) in [5.41, 5.74) is 8.38. The van der Waals surface area contributed by atoms with Crippen molar-refractivity contribution in [1.82, 2.24) is 0 Å². The second-order valence-corrected chi connectivity index (χ2v) is 4.39. The normalized spacial score (nSPS) is 10.2. The summed E-state index contributed by atoms with van der Waals surface area (Å²) in [7, 11) is 0. The van der Waals surface area contributed by atoms with Gasteiger partial charge in [0.05, 0.1) is 0 Å². The van der Waals surface area contributed by atoms with Crippen LogP contribution in [0.3, 0.4) is 0 Å². The topological polar surface area (TPSA) is 52.3 Å². The number of nitrogens with two attached hydrogens (primary N) is 1. The molecule has 0 amide bonds. The summed E-state index contributed by atoms with van der Waals surface area (Å²) in [4.78, 5) is 11.3. The van der Waals surface area contributed by atoms with E-state index in [1.807, 2.05) is 36.4 Å². The minimum absolute atomic E-state index is 0.0396. The van der Waals surface area contributed by atoms with Gasteiger partial charge >= 0.3 is 0 Å². The maximum Gasteiger partial charge on any atom is 0.159 e. The van der Waals surface area contributed by atoms with E-state index in [2.05, 4.69) is 0 Å². The predicted molar refractivity (Wildman–Crippen MR) is 75.1 cm³/mol. The van der Waals surface area contributed by atoms with E-state index in [1.165, 1.54) is 0 Å². The van der Waals surface area contributed by atoms with Crippen LogP contribution in [-0.4, -0.2) is 5.78 Å². The van der Waals surface area contributed by atoms with Gasteiger partial charge < -0.3 is 10.5 Å². The van der Waals surface area contributed by atoms with Crippen molar-refractivity contribution >= 4 is 5.78 Å². The highest BCUT2D eigenvalue weighted by Crippen LogP contribution is 2.15. The van der Waals surface area contributed by atoms with Gasteiger partial charge in [0.25, 0.3) is 0 Å². The zero-order valence-corrected chi connectivity index (χ0v) is 10.9. The molecule has 0 aliphatic rings. The molecule has 0 spiro atoms. The monoisotopic (exact) mass is 255 g/mol. The Bertz CT molecular complexity index is 561. The molecule has 19 heavy (non-hydrogen) atoms. The molecule has 2 aromatic rings. The van der Waals surface area contributed by atoms with Crippen molar-refractivity contribution in [3.8, 4) is 5.75 Å². The molecule has 2 N–H and O–H groups in total. The Morgan fingerprint density at radius 3 is 2.42 bits per heavy atom. The van der Waals surface area contributed by atoms with Crippen molar-refractivity contribution in [3.05, 3.63) is 65.2 Å². The molecule has 0 unspecified atom stereocenters. The molecule has 0 aliphatic heterocycles. The van der Waals surface area contributed by atoms with Gasteiger partial charge in [0.1, 0.15) is 12.4 Å². The van der Waals surface area contributed by atoms with Crippen molar-refractivity contribution in [2.45, 2.75) is 20.1 Å². The number of rotatable bonds is 5. The number of benzene rings is 2. The third-order valence-corrected chi connectivity index (χ3v) is 2.90. The van der Waals surface area contributed by atoms with Crippen LogP contribution in [-0.2, 0) is 13.2 Å². The first-order valence-electron chi connectivity index (χ1n) is 6.21. The van der Waals surface area contributed by atoms with Crippen molar-refractivity contribution in [1.29, 1.82) is 0 Å². The quantitative estimate of drug-likeness (QED) is 0.836. The van der Waals surface area contributed by atoms with Crippen molar-refractivity contribution in [2.24, 2.45) is 5.73 Å². The fourth-order valence-electron chi connectivity index (χ4n) is 1.74. The van der Waals surface area contributed by atoms with Crippen LogP contribution in [0.5, 0.6) is 5.75 Å². The van der Waals surface area contributed by atoms with Gasteiger partial charge in [-0.05, 0) is 30.2 Å². The van der Waals surface area contributed by atoms with Crippen LogP contribution in [0.1, 0.15) is 28.4 Å². The molecular weight excluding hydrogens is 238 g/mol. The Kier molecular flexibility index (Phi) is 4.31. The van der Waals surface area contributed by atoms with E-state index in [9.17, 15) is 4.79 Å². The Morgan fingerprint density at radius 1 is 1.11 bits per heavy atom. The Balaban J connectivity index is 2.01. The summed E-state index contributed by atoms with van der Waals surface area (Å²) in [6.07, 6.45) is 0. The van der Waals surface area contributed by atoms with Crippen LogP contribution < -0.4 is 10.5 Å². The largest absolute Gasteiger partial charge is 0.489 e. The third-order valence-electron chi connectivity index (χ3n) is 2.90. The van der Waals surface area contributed by atoms with Gasteiger partial charge in [-0.2, -0.15) is 0 Å². The van der Waals surface area contributed by atoms with Gasteiger partial charge in [0.2, 0.25) is 0 Å². The lowest BCUT2D eigenvalue weighted by atomic mass is 10.1. The van der Waals surface area contributed by atoms with Gasteiger partial charge in [-0.1, -0.05) is 36.4 Å². The fraction of sp³-hybridized carbons (Fsp3) is 0.188. The van der Waals surface area contributed by atoms with Gasteiger partial charge in [0, 0.05) is 12.1 Å². The molecule has 2 aromatic carbocycles. The molecule has 3 heteroatoms. The lowest BCUT2D eigenvalue weighted by Gasteiger charge is -2.07. The minimum atomic E-state index is 0.0396. The van der Waals surface area contributed by atoms with Gasteiger partial charge in [-0.3, -0.25) is 4.79 Å². The van der Waals surface area contributed by atoms with Crippen molar-refractivity contribution in [3.63, 3.8) is 0 Å². The standard InChI is InChI=1S/C16H17NO2/c1-12(18)15-3-2-4-16(9-15)19-11-14-7-5-13(10-17)6-8-14/h2-9H,10-11,17H2,1H3. The number of ether oxygens (including phenoxy) is 1. The highest BCUT2D eigenvalue weighted by atomic mass is 16.5. The number of ketones is 1. The average molecular weight is 255 g/mol. The smallest absolute Gasteiger partial charge is 0.159 e. The highest BCUT2D eigenvalue weighted by molar-refractivity contribution is 5.94. The predicted octanol–water partition coefficient (Wildman–Crippen LogP) is 2.93. The van der Waals surface area contributed by atoms with Gasteiger partial charge in [-0.25, -0.2) is 0 Å². The van der Waals surface area contributed by atoms with Crippen LogP contribution >= 0.6 is 0 Å². The fourth-order valence-corrected chi connectivity index (χ4v) is 1.74. The van der Waals surface area contributed by atoms with E-state index in [-0.39, 0.29) is 5.78 Å². The summed E-state index contributed by atoms with van der Waals surface area (Å²) in [6, 6.07) is 15.2. The second kappa shape index (κ2) is 6.16.